The lowest BCUT2D eigenvalue weighted by Crippen LogP contribution is -2.23. The Bertz CT molecular complexity index is 1080. The van der Waals surface area contributed by atoms with Crippen LogP contribution in [-0.2, 0) is 4.79 Å². The number of nitrogens with zero attached hydrogens (tertiary/aromatic N) is 2. The summed E-state index contributed by atoms with van der Waals surface area (Å²) in [5.74, 6) is -0.0336. The number of hydrogen-bond donors (Lipinski definition) is 1. The maximum Gasteiger partial charge on any atom is 0.335 e. The summed E-state index contributed by atoms with van der Waals surface area (Å²) >= 11 is 1.22. The summed E-state index contributed by atoms with van der Waals surface area (Å²) in [5, 5.41) is 9.61. The summed E-state index contributed by atoms with van der Waals surface area (Å²) in [6.45, 7) is 6.37. The van der Waals surface area contributed by atoms with E-state index in [9.17, 15) is 9.59 Å². The van der Waals surface area contributed by atoms with Crippen LogP contribution in [0.15, 0.2) is 65.0 Å². The molecule has 7 nitrogen and oxygen atoms in total. The van der Waals surface area contributed by atoms with Gasteiger partial charge in [0.15, 0.2) is 16.7 Å². The molecule has 1 fully saturated rings. The second-order valence-electron chi connectivity index (χ2n) is 6.46. The monoisotopic (exact) mass is 438 g/mol. The van der Waals surface area contributed by atoms with Crippen LogP contribution in [0, 0.1) is 0 Å². The van der Waals surface area contributed by atoms with Crippen LogP contribution in [-0.4, -0.2) is 47.3 Å². The fourth-order valence-corrected chi connectivity index (χ4v) is 3.76. The number of carboxylic acids is 1. The molecule has 0 aliphatic carbocycles. The third kappa shape index (κ3) is 5.35. The van der Waals surface area contributed by atoms with E-state index < -0.39 is 5.97 Å². The van der Waals surface area contributed by atoms with Gasteiger partial charge in [-0.25, -0.2) is 9.79 Å². The molecule has 0 spiro atoms. The Hall–Kier alpha value is -3.52. The number of hydrogen-bond acceptors (Lipinski definition) is 6. The van der Waals surface area contributed by atoms with Crippen LogP contribution >= 0.6 is 11.8 Å². The second kappa shape index (κ2) is 9.99. The molecule has 3 rings (SSSR count). The van der Waals surface area contributed by atoms with Gasteiger partial charge < -0.3 is 14.6 Å². The SMILES string of the molecule is C=CCOc1ccc(/C=C2\SC(=Nc3cccc(C(=O)O)c3)N(C)C2=O)cc1OCC. The Morgan fingerprint density at radius 3 is 2.74 bits per heavy atom. The third-order valence-electron chi connectivity index (χ3n) is 4.24. The molecule has 0 radical (unpaired) electrons. The number of carboxylic acid groups (broad SMARTS) is 1. The van der Waals surface area contributed by atoms with Crippen molar-refractivity contribution < 1.29 is 24.2 Å². The topological polar surface area (TPSA) is 88.4 Å². The van der Waals surface area contributed by atoms with Gasteiger partial charge >= 0.3 is 5.97 Å². The third-order valence-corrected chi connectivity index (χ3v) is 5.30. The molecular weight excluding hydrogens is 416 g/mol. The van der Waals surface area contributed by atoms with Crippen molar-refractivity contribution in [3.05, 3.63) is 71.2 Å². The Morgan fingerprint density at radius 2 is 2.03 bits per heavy atom. The number of likely N-dealkylation sites (N-methyl/N-ethyl adjacent to an activating group) is 1. The van der Waals surface area contributed by atoms with Crippen molar-refractivity contribution in [3.8, 4) is 11.5 Å². The molecule has 0 bridgehead atoms. The van der Waals surface area contributed by atoms with Crippen molar-refractivity contribution in [2.45, 2.75) is 6.92 Å². The molecule has 2 aromatic carbocycles. The Kier molecular flexibility index (Phi) is 7.15. The first-order valence-corrected chi connectivity index (χ1v) is 10.3. The highest BCUT2D eigenvalue weighted by Gasteiger charge is 2.30. The fraction of sp³-hybridized carbons (Fsp3) is 0.174. The quantitative estimate of drug-likeness (QED) is 0.479. The minimum Gasteiger partial charge on any atom is -0.490 e. The van der Waals surface area contributed by atoms with E-state index in [4.69, 9.17) is 14.6 Å². The van der Waals surface area contributed by atoms with E-state index in [-0.39, 0.29) is 11.5 Å². The number of amidine groups is 1. The largest absolute Gasteiger partial charge is 0.490 e. The summed E-state index contributed by atoms with van der Waals surface area (Å²) in [6.07, 6.45) is 3.42. The zero-order valence-electron chi connectivity index (χ0n) is 17.2. The number of thioether (sulfide) groups is 1. The summed E-state index contributed by atoms with van der Waals surface area (Å²) in [4.78, 5) is 30.2. The lowest BCUT2D eigenvalue weighted by Gasteiger charge is -2.11. The number of amides is 1. The molecule has 1 aliphatic rings. The summed E-state index contributed by atoms with van der Waals surface area (Å²) in [5.41, 5.74) is 1.38. The van der Waals surface area contributed by atoms with Crippen molar-refractivity contribution in [1.82, 2.24) is 4.90 Å². The van der Waals surface area contributed by atoms with Gasteiger partial charge in [0.2, 0.25) is 0 Å². The predicted molar refractivity (Wildman–Crippen MR) is 122 cm³/mol. The molecule has 31 heavy (non-hydrogen) atoms. The molecule has 1 heterocycles. The Balaban J connectivity index is 1.87. The number of carbonyl (C=O) groups excluding carboxylic acids is 1. The van der Waals surface area contributed by atoms with Crippen LogP contribution in [0.1, 0.15) is 22.8 Å². The number of ether oxygens (including phenoxy) is 2. The van der Waals surface area contributed by atoms with Crippen LogP contribution in [0.5, 0.6) is 11.5 Å². The molecule has 8 heteroatoms. The molecule has 1 saturated heterocycles. The van der Waals surface area contributed by atoms with Crippen LogP contribution in [0.2, 0.25) is 0 Å². The zero-order chi connectivity index (χ0) is 22.4. The number of aliphatic imine (C=N–C) groups is 1. The lowest BCUT2D eigenvalue weighted by molar-refractivity contribution is -0.121. The highest BCUT2D eigenvalue weighted by molar-refractivity contribution is 8.18. The normalized spacial score (nSPS) is 16.1. The molecular formula is C23H22N2O5S. The zero-order valence-corrected chi connectivity index (χ0v) is 18.0. The minimum atomic E-state index is -1.03. The van der Waals surface area contributed by atoms with E-state index in [0.717, 1.165) is 5.56 Å². The molecule has 2 aromatic rings. The van der Waals surface area contributed by atoms with Gasteiger partial charge in [0.1, 0.15) is 6.61 Å². The first-order valence-electron chi connectivity index (χ1n) is 9.53. The van der Waals surface area contributed by atoms with E-state index in [2.05, 4.69) is 11.6 Å². The second-order valence-corrected chi connectivity index (χ2v) is 7.47. The summed E-state index contributed by atoms with van der Waals surface area (Å²) < 4.78 is 11.3. The van der Waals surface area contributed by atoms with Crippen molar-refractivity contribution in [3.63, 3.8) is 0 Å². The molecule has 0 unspecified atom stereocenters. The van der Waals surface area contributed by atoms with Crippen molar-refractivity contribution in [2.75, 3.05) is 20.3 Å². The first kappa shape index (κ1) is 22.2. The molecule has 0 atom stereocenters. The highest BCUT2D eigenvalue weighted by Crippen LogP contribution is 2.35. The standard InChI is InChI=1S/C23H22N2O5S/c1-4-11-30-18-10-9-15(12-19(18)29-5-2)13-20-21(26)25(3)23(31-20)24-17-8-6-7-16(14-17)22(27)28/h4,6-10,12-14H,1,5,11H2,2-3H3,(H,27,28)/b20-13-,24-23?. The van der Waals surface area contributed by atoms with E-state index in [0.29, 0.717) is 40.5 Å². The van der Waals surface area contributed by atoms with Gasteiger partial charge in [0.05, 0.1) is 22.8 Å². The van der Waals surface area contributed by atoms with Gasteiger partial charge in [-0.2, -0.15) is 0 Å². The molecule has 0 aromatic heterocycles. The smallest absolute Gasteiger partial charge is 0.335 e. The maximum atomic E-state index is 12.7. The maximum absolute atomic E-state index is 12.7. The lowest BCUT2D eigenvalue weighted by atomic mass is 10.2. The van der Waals surface area contributed by atoms with Gasteiger partial charge in [0, 0.05) is 7.05 Å². The average Bonchev–Trinajstić information content (AvgIpc) is 3.01. The summed E-state index contributed by atoms with van der Waals surface area (Å²) in [6, 6.07) is 11.7. The van der Waals surface area contributed by atoms with Crippen molar-refractivity contribution >= 4 is 40.6 Å². The fourth-order valence-electron chi connectivity index (χ4n) is 2.77. The highest BCUT2D eigenvalue weighted by atomic mass is 32.2. The number of benzene rings is 2. The van der Waals surface area contributed by atoms with Gasteiger partial charge in [-0.3, -0.25) is 9.69 Å². The predicted octanol–water partition coefficient (Wildman–Crippen LogP) is 4.58. The number of aromatic carboxylic acids is 1. The van der Waals surface area contributed by atoms with Crippen molar-refractivity contribution in [2.24, 2.45) is 4.99 Å². The Morgan fingerprint density at radius 1 is 1.23 bits per heavy atom. The first-order chi connectivity index (χ1) is 14.9. The number of carbonyl (C=O) groups is 2. The number of rotatable bonds is 8. The van der Waals surface area contributed by atoms with E-state index in [1.54, 1.807) is 37.4 Å². The van der Waals surface area contributed by atoms with Crippen LogP contribution in [0.3, 0.4) is 0 Å². The molecule has 1 aliphatic heterocycles. The van der Waals surface area contributed by atoms with E-state index >= 15 is 0 Å². The van der Waals surface area contributed by atoms with Gasteiger partial charge in [-0.05, 0) is 60.7 Å². The van der Waals surface area contributed by atoms with Gasteiger partial charge in [0.25, 0.3) is 5.91 Å². The van der Waals surface area contributed by atoms with E-state index in [1.807, 2.05) is 19.1 Å². The molecule has 1 N–H and O–H groups in total. The summed E-state index contributed by atoms with van der Waals surface area (Å²) in [7, 11) is 1.63. The van der Waals surface area contributed by atoms with E-state index in [1.165, 1.54) is 28.8 Å². The Labute approximate surface area is 184 Å². The van der Waals surface area contributed by atoms with Crippen LogP contribution in [0.4, 0.5) is 5.69 Å². The molecule has 1 amide bonds. The average molecular weight is 439 g/mol. The van der Waals surface area contributed by atoms with Gasteiger partial charge in [-0.1, -0.05) is 24.8 Å². The molecule has 0 saturated carbocycles. The van der Waals surface area contributed by atoms with Crippen LogP contribution in [0.25, 0.3) is 6.08 Å². The van der Waals surface area contributed by atoms with Crippen molar-refractivity contribution in [1.29, 1.82) is 0 Å². The van der Waals surface area contributed by atoms with Gasteiger partial charge in [-0.15, -0.1) is 0 Å². The minimum absolute atomic E-state index is 0.136. The molecule has 160 valence electrons. The van der Waals surface area contributed by atoms with Crippen LogP contribution < -0.4 is 9.47 Å².